The molecule has 1 fully saturated rings. The first kappa shape index (κ1) is 21.4. The molecule has 1 aliphatic rings. The van der Waals surface area contributed by atoms with Gasteiger partial charge >= 0.3 is 6.09 Å². The fraction of sp³-hybridized carbons (Fsp3) is 0.458. The van der Waals surface area contributed by atoms with Crippen LogP contribution in [0.5, 0.6) is 0 Å². The number of hydrogen-bond donors (Lipinski definition) is 0. The van der Waals surface area contributed by atoms with Crippen LogP contribution in [0.1, 0.15) is 50.9 Å². The molecule has 4 aromatic rings. The van der Waals surface area contributed by atoms with Gasteiger partial charge in [-0.05, 0) is 65.2 Å². The van der Waals surface area contributed by atoms with E-state index in [1.165, 1.54) is 0 Å². The van der Waals surface area contributed by atoms with E-state index < -0.39 is 5.60 Å². The first-order valence-electron chi connectivity index (χ1n) is 11.3. The lowest BCUT2D eigenvalue weighted by molar-refractivity contribution is 0.0185. The number of carbonyl (C=O) groups is 1. The van der Waals surface area contributed by atoms with Crippen molar-refractivity contribution in [2.24, 2.45) is 0 Å². The topological polar surface area (TPSA) is 90.4 Å². The molecule has 0 N–H and O–H groups in total. The number of aryl methyl sites for hydroxylation is 2. The summed E-state index contributed by atoms with van der Waals surface area (Å²) in [5.74, 6) is 0. The van der Waals surface area contributed by atoms with Crippen molar-refractivity contribution in [2.75, 3.05) is 13.1 Å². The number of rotatable bonds is 2. The third-order valence-corrected chi connectivity index (χ3v) is 5.89. The van der Waals surface area contributed by atoms with Gasteiger partial charge in [0, 0.05) is 24.7 Å². The first-order valence-corrected chi connectivity index (χ1v) is 11.3. The first-order chi connectivity index (χ1) is 15.7. The Morgan fingerprint density at radius 3 is 2.55 bits per heavy atom. The van der Waals surface area contributed by atoms with Crippen molar-refractivity contribution in [1.29, 1.82) is 0 Å². The molecular formula is C24H29N7O2. The second-order valence-corrected chi connectivity index (χ2v) is 9.80. The SMILES string of the molecule is Cc1cn2nc(-c3cc4cn(C5CCN(C(=O)OC(C)(C)C)CC5)nc4cn3)cc(C)c2n1. The Labute approximate surface area is 192 Å². The van der Waals surface area contributed by atoms with E-state index in [1.807, 2.05) is 62.1 Å². The summed E-state index contributed by atoms with van der Waals surface area (Å²) in [6, 6.07) is 4.30. The molecule has 0 unspecified atom stereocenters. The molecule has 9 nitrogen and oxygen atoms in total. The molecular weight excluding hydrogens is 418 g/mol. The minimum absolute atomic E-state index is 0.241. The molecule has 0 atom stereocenters. The van der Waals surface area contributed by atoms with Gasteiger partial charge in [0.25, 0.3) is 0 Å². The lowest BCUT2D eigenvalue weighted by Gasteiger charge is -2.33. The number of piperidine rings is 1. The third kappa shape index (κ3) is 4.27. The van der Waals surface area contributed by atoms with Crippen molar-refractivity contribution >= 4 is 22.6 Å². The number of nitrogens with zero attached hydrogens (tertiary/aromatic N) is 7. The Morgan fingerprint density at radius 1 is 1.06 bits per heavy atom. The summed E-state index contributed by atoms with van der Waals surface area (Å²) in [6.07, 6.45) is 7.23. The number of carbonyl (C=O) groups excluding carboxylic acids is 1. The number of imidazole rings is 1. The van der Waals surface area contributed by atoms with E-state index in [9.17, 15) is 4.79 Å². The number of aromatic nitrogens is 6. The standard InChI is InChI=1S/C24H29N7O2/c1-15-10-20(27-31-13-16(2)26-22(15)31)19-11-17-14-30(28-21(17)12-25-19)18-6-8-29(9-7-18)23(32)33-24(3,4)5/h10-14,18H,6-9H2,1-5H3. The normalized spacial score (nSPS) is 15.5. The quantitative estimate of drug-likeness (QED) is 0.454. The molecule has 1 amide bonds. The van der Waals surface area contributed by atoms with Crippen LogP contribution in [0.15, 0.2) is 30.7 Å². The Hall–Kier alpha value is -3.49. The monoisotopic (exact) mass is 447 g/mol. The van der Waals surface area contributed by atoms with Crippen molar-refractivity contribution in [2.45, 2.75) is 59.1 Å². The average Bonchev–Trinajstić information content (AvgIpc) is 3.35. The Bertz CT molecular complexity index is 1340. The van der Waals surface area contributed by atoms with Crippen molar-refractivity contribution in [3.05, 3.63) is 42.0 Å². The van der Waals surface area contributed by atoms with Gasteiger partial charge in [0.05, 0.1) is 29.8 Å². The molecule has 4 aromatic heterocycles. The second kappa shape index (κ2) is 7.83. The third-order valence-electron chi connectivity index (χ3n) is 5.89. The van der Waals surface area contributed by atoms with Gasteiger partial charge in [-0.15, -0.1) is 0 Å². The molecule has 0 saturated carbocycles. The molecule has 9 heteroatoms. The molecule has 5 heterocycles. The van der Waals surface area contributed by atoms with Crippen molar-refractivity contribution in [3.63, 3.8) is 0 Å². The van der Waals surface area contributed by atoms with Crippen LogP contribution >= 0.6 is 0 Å². The van der Waals surface area contributed by atoms with Crippen LogP contribution in [0.25, 0.3) is 27.9 Å². The highest BCUT2D eigenvalue weighted by molar-refractivity contribution is 5.81. The smallest absolute Gasteiger partial charge is 0.410 e. The fourth-order valence-electron chi connectivity index (χ4n) is 4.28. The fourth-order valence-corrected chi connectivity index (χ4v) is 4.28. The molecule has 0 aromatic carbocycles. The van der Waals surface area contributed by atoms with Gasteiger partial charge in [0.15, 0.2) is 5.65 Å². The van der Waals surface area contributed by atoms with E-state index in [1.54, 1.807) is 11.1 Å². The van der Waals surface area contributed by atoms with Crippen LogP contribution in [0, 0.1) is 13.8 Å². The van der Waals surface area contributed by atoms with Crippen LogP contribution in [0.4, 0.5) is 4.79 Å². The van der Waals surface area contributed by atoms with E-state index >= 15 is 0 Å². The van der Waals surface area contributed by atoms with E-state index in [4.69, 9.17) is 14.9 Å². The highest BCUT2D eigenvalue weighted by atomic mass is 16.6. The van der Waals surface area contributed by atoms with Crippen LogP contribution < -0.4 is 0 Å². The summed E-state index contributed by atoms with van der Waals surface area (Å²) in [5.41, 5.74) is 4.84. The van der Waals surface area contributed by atoms with Gasteiger partial charge in [0.2, 0.25) is 0 Å². The average molecular weight is 448 g/mol. The van der Waals surface area contributed by atoms with Gasteiger partial charge in [-0.25, -0.2) is 14.3 Å². The number of amides is 1. The number of pyridine rings is 1. The minimum atomic E-state index is -0.479. The summed E-state index contributed by atoms with van der Waals surface area (Å²) in [4.78, 5) is 23.3. The Kier molecular flexibility index (Phi) is 5.07. The number of likely N-dealkylation sites (tertiary alicyclic amines) is 1. The van der Waals surface area contributed by atoms with Gasteiger partial charge in [0.1, 0.15) is 16.8 Å². The zero-order valence-electron chi connectivity index (χ0n) is 19.7. The number of ether oxygens (including phenoxy) is 1. The molecule has 0 radical (unpaired) electrons. The molecule has 172 valence electrons. The number of hydrogen-bond acceptors (Lipinski definition) is 6. The van der Waals surface area contributed by atoms with Gasteiger partial charge in [-0.3, -0.25) is 9.67 Å². The summed E-state index contributed by atoms with van der Waals surface area (Å²) in [5, 5.41) is 10.5. The van der Waals surface area contributed by atoms with Crippen LogP contribution in [0.3, 0.4) is 0 Å². The molecule has 1 saturated heterocycles. The van der Waals surface area contributed by atoms with Crippen molar-refractivity contribution in [3.8, 4) is 11.4 Å². The highest BCUT2D eigenvalue weighted by Gasteiger charge is 2.28. The summed E-state index contributed by atoms with van der Waals surface area (Å²) < 4.78 is 9.33. The lowest BCUT2D eigenvalue weighted by atomic mass is 10.1. The molecule has 0 aliphatic carbocycles. The van der Waals surface area contributed by atoms with E-state index in [2.05, 4.69) is 16.2 Å². The lowest BCUT2D eigenvalue weighted by Crippen LogP contribution is -2.42. The maximum absolute atomic E-state index is 12.3. The van der Waals surface area contributed by atoms with E-state index in [0.29, 0.717) is 13.1 Å². The Balaban J connectivity index is 1.35. The Morgan fingerprint density at radius 2 is 1.82 bits per heavy atom. The molecule has 0 spiro atoms. The maximum atomic E-state index is 12.3. The maximum Gasteiger partial charge on any atom is 0.410 e. The van der Waals surface area contributed by atoms with E-state index in [-0.39, 0.29) is 12.1 Å². The van der Waals surface area contributed by atoms with Crippen molar-refractivity contribution < 1.29 is 9.53 Å². The predicted molar refractivity (Wildman–Crippen MR) is 125 cm³/mol. The summed E-state index contributed by atoms with van der Waals surface area (Å²) >= 11 is 0. The summed E-state index contributed by atoms with van der Waals surface area (Å²) in [7, 11) is 0. The largest absolute Gasteiger partial charge is 0.444 e. The molecule has 0 bridgehead atoms. The van der Waals surface area contributed by atoms with Crippen LogP contribution in [-0.4, -0.2) is 59.0 Å². The summed E-state index contributed by atoms with van der Waals surface area (Å²) in [6.45, 7) is 11.0. The van der Waals surface area contributed by atoms with Gasteiger partial charge in [-0.2, -0.15) is 10.2 Å². The predicted octanol–water partition coefficient (Wildman–Crippen LogP) is 4.33. The zero-order chi connectivity index (χ0) is 23.3. The highest BCUT2D eigenvalue weighted by Crippen LogP contribution is 2.27. The minimum Gasteiger partial charge on any atom is -0.444 e. The van der Waals surface area contributed by atoms with Crippen molar-refractivity contribution in [1.82, 2.24) is 34.3 Å². The van der Waals surface area contributed by atoms with Crippen LogP contribution in [-0.2, 0) is 4.74 Å². The number of fused-ring (bicyclic) bond motifs is 2. The van der Waals surface area contributed by atoms with E-state index in [0.717, 1.165) is 52.0 Å². The van der Waals surface area contributed by atoms with Crippen LogP contribution in [0.2, 0.25) is 0 Å². The molecule has 1 aliphatic heterocycles. The zero-order valence-corrected chi connectivity index (χ0v) is 19.7. The second-order valence-electron chi connectivity index (χ2n) is 9.80. The van der Waals surface area contributed by atoms with Gasteiger partial charge < -0.3 is 9.64 Å². The molecule has 5 rings (SSSR count). The molecule has 33 heavy (non-hydrogen) atoms. The van der Waals surface area contributed by atoms with Gasteiger partial charge in [-0.1, -0.05) is 0 Å².